The predicted molar refractivity (Wildman–Crippen MR) is 141 cm³/mol. The van der Waals surface area contributed by atoms with E-state index >= 15 is 0 Å². The van der Waals surface area contributed by atoms with Crippen LogP contribution in [-0.4, -0.2) is 54.2 Å². The van der Waals surface area contributed by atoms with Crippen molar-refractivity contribution in [1.29, 1.82) is 5.41 Å². The van der Waals surface area contributed by atoms with Crippen molar-refractivity contribution < 1.29 is 17.6 Å². The quantitative estimate of drug-likeness (QED) is 0.297. The van der Waals surface area contributed by atoms with E-state index in [0.717, 1.165) is 43.0 Å². The van der Waals surface area contributed by atoms with Crippen LogP contribution in [0.3, 0.4) is 0 Å². The number of amides is 1. The molecule has 0 saturated carbocycles. The first-order valence-corrected chi connectivity index (χ1v) is 13.8. The zero-order chi connectivity index (χ0) is 26.3. The van der Waals surface area contributed by atoms with Crippen LogP contribution in [0.4, 0.5) is 10.1 Å². The number of aromatic nitrogens is 2. The van der Waals surface area contributed by atoms with Gasteiger partial charge in [-0.15, -0.1) is 0 Å². The Morgan fingerprint density at radius 1 is 1.03 bits per heavy atom. The number of likely N-dealkylation sites (tertiary alicyclic amines) is 1. The molecule has 1 aliphatic rings. The van der Waals surface area contributed by atoms with Crippen LogP contribution in [0, 0.1) is 18.2 Å². The molecule has 1 fully saturated rings. The van der Waals surface area contributed by atoms with Gasteiger partial charge in [-0.1, -0.05) is 24.3 Å². The topological polar surface area (TPSA) is 108 Å². The van der Waals surface area contributed by atoms with Crippen LogP contribution in [0.5, 0.6) is 0 Å². The van der Waals surface area contributed by atoms with E-state index in [9.17, 15) is 17.6 Å². The molecular weight excluding hydrogens is 493 g/mol. The highest BCUT2D eigenvalue weighted by atomic mass is 32.2. The molecule has 2 heterocycles. The number of benzene rings is 3. The number of fused-ring (bicyclic) bond motifs is 1. The van der Waals surface area contributed by atoms with Gasteiger partial charge < -0.3 is 10.2 Å². The summed E-state index contributed by atoms with van der Waals surface area (Å²) in [6.07, 6.45) is 3.11. The van der Waals surface area contributed by atoms with Crippen LogP contribution < -0.4 is 5.32 Å². The number of sulfone groups is 1. The lowest BCUT2D eigenvalue weighted by Gasteiger charge is -2.19. The maximum Gasteiger partial charge on any atom is 0.274 e. The Bertz CT molecular complexity index is 1660. The van der Waals surface area contributed by atoms with Gasteiger partial charge in [-0.2, -0.15) is 5.10 Å². The predicted octanol–water partition coefficient (Wildman–Crippen LogP) is 4.55. The minimum absolute atomic E-state index is 0.0271. The molecule has 0 spiro atoms. The summed E-state index contributed by atoms with van der Waals surface area (Å²) in [6.45, 7) is 3.23. The van der Waals surface area contributed by atoms with Crippen molar-refractivity contribution in [3.8, 4) is 5.69 Å². The summed E-state index contributed by atoms with van der Waals surface area (Å²) in [5, 5.41) is 16.8. The Balaban J connectivity index is 1.50. The van der Waals surface area contributed by atoms with Crippen LogP contribution in [0.15, 0.2) is 65.6 Å². The monoisotopic (exact) mass is 519 g/mol. The zero-order valence-corrected chi connectivity index (χ0v) is 21.3. The van der Waals surface area contributed by atoms with Crippen molar-refractivity contribution in [1.82, 2.24) is 14.7 Å². The fraction of sp³-hybridized carbons (Fsp3) is 0.222. The molecule has 190 valence electrons. The minimum atomic E-state index is -3.67. The van der Waals surface area contributed by atoms with Crippen LogP contribution in [0.25, 0.3) is 16.5 Å². The summed E-state index contributed by atoms with van der Waals surface area (Å²) >= 11 is 0. The average molecular weight is 520 g/mol. The van der Waals surface area contributed by atoms with E-state index in [4.69, 9.17) is 5.41 Å². The van der Waals surface area contributed by atoms with Crippen LogP contribution in [0.2, 0.25) is 0 Å². The van der Waals surface area contributed by atoms with Gasteiger partial charge in [0.05, 0.1) is 22.0 Å². The van der Waals surface area contributed by atoms with Gasteiger partial charge in [0.15, 0.2) is 9.84 Å². The van der Waals surface area contributed by atoms with E-state index in [2.05, 4.69) is 10.4 Å². The third-order valence-electron chi connectivity index (χ3n) is 6.43. The highest BCUT2D eigenvalue weighted by Gasteiger charge is 2.23. The molecule has 4 aromatic rings. The molecule has 3 aromatic carbocycles. The number of carbonyl (C=O) groups is 1. The number of hydrogen-bond acceptors (Lipinski definition) is 5. The summed E-state index contributed by atoms with van der Waals surface area (Å²) in [5.41, 5.74) is 1.18. The van der Waals surface area contributed by atoms with E-state index in [-0.39, 0.29) is 27.8 Å². The lowest BCUT2D eigenvalue weighted by atomic mass is 10.1. The number of anilines is 1. The number of rotatable bonds is 5. The molecule has 1 aromatic heterocycles. The Kier molecular flexibility index (Phi) is 6.28. The Labute approximate surface area is 214 Å². The molecule has 0 aliphatic carbocycles. The maximum atomic E-state index is 15.0. The van der Waals surface area contributed by atoms with Gasteiger partial charge >= 0.3 is 0 Å². The fourth-order valence-corrected chi connectivity index (χ4v) is 5.45. The van der Waals surface area contributed by atoms with Crippen LogP contribution in [0.1, 0.15) is 34.6 Å². The van der Waals surface area contributed by atoms with Gasteiger partial charge in [-0.05, 0) is 66.9 Å². The highest BCUT2D eigenvalue weighted by Crippen LogP contribution is 2.28. The molecule has 0 unspecified atom stereocenters. The van der Waals surface area contributed by atoms with Gasteiger partial charge in [-0.25, -0.2) is 17.5 Å². The van der Waals surface area contributed by atoms with Crippen LogP contribution in [-0.2, 0) is 9.84 Å². The molecule has 1 amide bonds. The smallest absolute Gasteiger partial charge is 0.274 e. The molecule has 0 bridgehead atoms. The molecule has 8 nitrogen and oxygen atoms in total. The van der Waals surface area contributed by atoms with Gasteiger partial charge in [0.25, 0.3) is 5.91 Å². The third-order valence-corrected chi connectivity index (χ3v) is 7.56. The van der Waals surface area contributed by atoms with Crippen molar-refractivity contribution in [2.75, 3.05) is 24.7 Å². The minimum Gasteiger partial charge on any atom is -0.357 e. The Morgan fingerprint density at radius 2 is 1.70 bits per heavy atom. The summed E-state index contributed by atoms with van der Waals surface area (Å²) in [7, 11) is -3.67. The van der Waals surface area contributed by atoms with Gasteiger partial charge in [0.2, 0.25) is 0 Å². The average Bonchev–Trinajstić information content (AvgIpc) is 3.53. The van der Waals surface area contributed by atoms with Crippen molar-refractivity contribution in [2.24, 2.45) is 0 Å². The summed E-state index contributed by atoms with van der Waals surface area (Å²) in [4.78, 5) is 15.2. The first-order valence-electron chi connectivity index (χ1n) is 11.9. The van der Waals surface area contributed by atoms with E-state index in [1.807, 2.05) is 29.2 Å². The van der Waals surface area contributed by atoms with Crippen molar-refractivity contribution >= 4 is 38.0 Å². The Hall–Kier alpha value is -4.05. The second-order valence-corrected chi connectivity index (χ2v) is 11.2. The third kappa shape index (κ3) is 4.84. The molecule has 0 atom stereocenters. The number of aryl methyl sites for hydroxylation is 1. The highest BCUT2D eigenvalue weighted by molar-refractivity contribution is 7.90. The van der Waals surface area contributed by atoms with Crippen molar-refractivity contribution in [3.05, 3.63) is 83.4 Å². The largest absolute Gasteiger partial charge is 0.357 e. The number of halogens is 1. The summed E-state index contributed by atoms with van der Waals surface area (Å²) < 4.78 is 41.6. The van der Waals surface area contributed by atoms with Crippen LogP contribution >= 0.6 is 0 Å². The second kappa shape index (κ2) is 9.44. The fourth-order valence-electron chi connectivity index (χ4n) is 4.59. The van der Waals surface area contributed by atoms with E-state index in [1.54, 1.807) is 25.1 Å². The molecular formula is C27H26FN5O3S. The number of hydrogen-bond donors (Lipinski definition) is 2. The summed E-state index contributed by atoms with van der Waals surface area (Å²) in [6, 6.07) is 16.3. The standard InChI is InChI=1S/C27H26FN5O3S/c1-17-13-24(27(34)30-22-10-9-20(14-21(22)28)26(29)32-11-5-6-12-32)33(31-17)23-15-18-7-3-4-8-19(18)16-25(23)37(2,35)36/h3-4,7-10,13-16,29H,5-6,11-12H2,1-2H3,(H,30,34). The number of nitrogens with one attached hydrogen (secondary N) is 2. The van der Waals surface area contributed by atoms with E-state index < -0.39 is 21.6 Å². The molecule has 1 saturated heterocycles. The molecule has 2 N–H and O–H groups in total. The first-order chi connectivity index (χ1) is 17.6. The summed E-state index contributed by atoms with van der Waals surface area (Å²) in [5.74, 6) is -1.05. The van der Waals surface area contributed by atoms with Gasteiger partial charge in [0.1, 0.15) is 17.3 Å². The molecule has 1 aliphatic heterocycles. The van der Waals surface area contributed by atoms with Gasteiger partial charge in [-0.3, -0.25) is 10.2 Å². The molecule has 37 heavy (non-hydrogen) atoms. The normalized spacial score (nSPS) is 13.8. The lowest BCUT2D eigenvalue weighted by molar-refractivity contribution is 0.101. The Morgan fingerprint density at radius 3 is 2.35 bits per heavy atom. The van der Waals surface area contributed by atoms with E-state index in [0.29, 0.717) is 11.3 Å². The molecule has 0 radical (unpaired) electrons. The number of amidine groups is 1. The first kappa shape index (κ1) is 24.6. The zero-order valence-electron chi connectivity index (χ0n) is 20.5. The SMILES string of the molecule is Cc1cc(C(=O)Nc2ccc(C(=N)N3CCCC3)cc2F)n(-c2cc3ccccc3cc2S(C)(=O)=O)n1. The van der Waals surface area contributed by atoms with E-state index in [1.165, 1.54) is 22.9 Å². The lowest BCUT2D eigenvalue weighted by Crippen LogP contribution is -2.27. The number of nitrogens with zero attached hydrogens (tertiary/aromatic N) is 3. The van der Waals surface area contributed by atoms with Gasteiger partial charge in [0, 0.05) is 24.9 Å². The van der Waals surface area contributed by atoms with Crippen molar-refractivity contribution in [2.45, 2.75) is 24.7 Å². The molecule has 10 heteroatoms. The van der Waals surface area contributed by atoms with Crippen molar-refractivity contribution in [3.63, 3.8) is 0 Å². The molecule has 5 rings (SSSR count). The number of carbonyl (C=O) groups excluding carboxylic acids is 1. The maximum absolute atomic E-state index is 15.0. The second-order valence-electron chi connectivity index (χ2n) is 9.21.